The van der Waals surface area contributed by atoms with Crippen molar-refractivity contribution in [2.24, 2.45) is 0 Å². The summed E-state index contributed by atoms with van der Waals surface area (Å²) in [6, 6.07) is 14.5. The van der Waals surface area contributed by atoms with Crippen LogP contribution in [0.5, 0.6) is 0 Å². The lowest BCUT2D eigenvalue weighted by Gasteiger charge is -2.14. The van der Waals surface area contributed by atoms with Gasteiger partial charge in [0.2, 0.25) is 0 Å². The van der Waals surface area contributed by atoms with Crippen LogP contribution in [0.3, 0.4) is 0 Å². The van der Waals surface area contributed by atoms with Crippen LogP contribution in [0.15, 0.2) is 59.1 Å². The molecule has 3 rings (SSSR count). The summed E-state index contributed by atoms with van der Waals surface area (Å²) in [6.07, 6.45) is -1.33. The molecule has 0 fully saturated rings. The molecule has 0 aliphatic carbocycles. The third-order valence-electron chi connectivity index (χ3n) is 3.42. The van der Waals surface area contributed by atoms with E-state index >= 15 is 0 Å². The molecule has 1 nitrogen and oxygen atoms in total. The zero-order valence-electron chi connectivity index (χ0n) is 10.9. The number of benzene rings is 3. The van der Waals surface area contributed by atoms with E-state index in [0.717, 1.165) is 27.4 Å². The first-order valence-electron chi connectivity index (χ1n) is 6.37. The zero-order valence-corrected chi connectivity index (χ0v) is 12.4. The normalized spacial score (nSPS) is 12.6. The molecule has 0 bridgehead atoms. The maximum atomic E-state index is 13.7. The summed E-state index contributed by atoms with van der Waals surface area (Å²) in [4.78, 5) is 0. The second-order valence-electron chi connectivity index (χ2n) is 4.79. The highest BCUT2D eigenvalue weighted by Gasteiger charge is 2.19. The van der Waals surface area contributed by atoms with Gasteiger partial charge in [0.15, 0.2) is 0 Å². The van der Waals surface area contributed by atoms with Crippen molar-refractivity contribution in [1.29, 1.82) is 0 Å². The Bertz CT molecular complexity index is 797. The van der Waals surface area contributed by atoms with E-state index in [-0.39, 0.29) is 5.56 Å². The van der Waals surface area contributed by atoms with Gasteiger partial charge in [0, 0.05) is 4.47 Å². The van der Waals surface area contributed by atoms with E-state index in [4.69, 9.17) is 0 Å². The van der Waals surface area contributed by atoms with E-state index in [1.165, 1.54) is 6.07 Å². The van der Waals surface area contributed by atoms with Gasteiger partial charge in [-0.05, 0) is 46.7 Å². The number of hydrogen-bond donors (Lipinski definition) is 1. The quantitative estimate of drug-likeness (QED) is 0.693. The van der Waals surface area contributed by atoms with Gasteiger partial charge in [-0.15, -0.1) is 0 Å². The van der Waals surface area contributed by atoms with Crippen LogP contribution in [0.4, 0.5) is 8.78 Å². The number of aliphatic hydroxyl groups is 1. The van der Waals surface area contributed by atoms with Crippen molar-refractivity contribution in [3.05, 3.63) is 81.8 Å². The molecule has 1 atom stereocenters. The lowest BCUT2D eigenvalue weighted by molar-refractivity contribution is 0.209. The molecular formula is C17H11BrF2O. The fourth-order valence-electron chi connectivity index (χ4n) is 2.34. The van der Waals surface area contributed by atoms with Crippen LogP contribution in [-0.4, -0.2) is 5.11 Å². The molecule has 1 N–H and O–H groups in total. The third kappa shape index (κ3) is 2.69. The van der Waals surface area contributed by atoms with Crippen molar-refractivity contribution in [2.75, 3.05) is 0 Å². The van der Waals surface area contributed by atoms with Gasteiger partial charge in [0.25, 0.3) is 0 Å². The van der Waals surface area contributed by atoms with Crippen molar-refractivity contribution in [3.8, 4) is 0 Å². The van der Waals surface area contributed by atoms with Crippen molar-refractivity contribution in [1.82, 2.24) is 0 Å². The first-order chi connectivity index (χ1) is 10.1. The van der Waals surface area contributed by atoms with Crippen LogP contribution >= 0.6 is 15.9 Å². The van der Waals surface area contributed by atoms with Crippen molar-refractivity contribution in [3.63, 3.8) is 0 Å². The Balaban J connectivity index is 2.09. The maximum Gasteiger partial charge on any atom is 0.132 e. The standard InChI is InChI=1S/C17H11BrF2O/c18-13-7-6-10-8-12(5-4-11(10)9-13)17(21)16-14(19)2-1-3-15(16)20/h1-9,17,21H. The summed E-state index contributed by atoms with van der Waals surface area (Å²) in [7, 11) is 0. The molecule has 0 amide bonds. The van der Waals surface area contributed by atoms with Crippen LogP contribution in [0.25, 0.3) is 10.8 Å². The van der Waals surface area contributed by atoms with Gasteiger partial charge < -0.3 is 5.11 Å². The molecule has 0 aromatic heterocycles. The molecule has 0 heterocycles. The summed E-state index contributed by atoms with van der Waals surface area (Å²) < 4.78 is 28.4. The van der Waals surface area contributed by atoms with E-state index in [2.05, 4.69) is 15.9 Å². The molecule has 1 unspecified atom stereocenters. The van der Waals surface area contributed by atoms with Gasteiger partial charge in [-0.1, -0.05) is 40.2 Å². The van der Waals surface area contributed by atoms with Gasteiger partial charge in [-0.2, -0.15) is 0 Å². The Morgan fingerprint density at radius 3 is 2.19 bits per heavy atom. The van der Waals surface area contributed by atoms with E-state index < -0.39 is 17.7 Å². The summed E-state index contributed by atoms with van der Waals surface area (Å²) in [5.74, 6) is -1.50. The molecule has 0 aliphatic heterocycles. The third-order valence-corrected chi connectivity index (χ3v) is 3.91. The van der Waals surface area contributed by atoms with Crippen molar-refractivity contribution in [2.45, 2.75) is 6.10 Å². The predicted molar refractivity (Wildman–Crippen MR) is 82.1 cm³/mol. The minimum Gasteiger partial charge on any atom is -0.383 e. The number of rotatable bonds is 2. The minimum atomic E-state index is -1.33. The minimum absolute atomic E-state index is 0.325. The molecule has 21 heavy (non-hydrogen) atoms. The highest BCUT2D eigenvalue weighted by atomic mass is 79.9. The number of hydrogen-bond acceptors (Lipinski definition) is 1. The van der Waals surface area contributed by atoms with Gasteiger partial charge in [-0.3, -0.25) is 0 Å². The van der Waals surface area contributed by atoms with E-state index in [1.54, 1.807) is 12.1 Å². The molecule has 3 aromatic carbocycles. The summed E-state index contributed by atoms with van der Waals surface area (Å²) in [6.45, 7) is 0. The van der Waals surface area contributed by atoms with Gasteiger partial charge in [0.1, 0.15) is 17.7 Å². The fourth-order valence-corrected chi connectivity index (χ4v) is 2.72. The van der Waals surface area contributed by atoms with Crippen LogP contribution in [0.1, 0.15) is 17.2 Å². The average Bonchev–Trinajstić information content (AvgIpc) is 2.46. The lowest BCUT2D eigenvalue weighted by atomic mass is 9.98. The van der Waals surface area contributed by atoms with E-state index in [9.17, 15) is 13.9 Å². The summed E-state index contributed by atoms with van der Waals surface area (Å²) in [5, 5.41) is 12.2. The second-order valence-corrected chi connectivity index (χ2v) is 5.70. The van der Waals surface area contributed by atoms with Gasteiger partial charge in [0.05, 0.1) is 5.56 Å². The van der Waals surface area contributed by atoms with Crippen LogP contribution < -0.4 is 0 Å². The summed E-state index contributed by atoms with van der Waals surface area (Å²) in [5.41, 5.74) is 0.128. The van der Waals surface area contributed by atoms with Crippen molar-refractivity contribution < 1.29 is 13.9 Å². The molecule has 0 saturated heterocycles. The lowest BCUT2D eigenvalue weighted by Crippen LogP contribution is -2.05. The molecule has 0 spiro atoms. The smallest absolute Gasteiger partial charge is 0.132 e. The Labute approximate surface area is 129 Å². The van der Waals surface area contributed by atoms with E-state index in [0.29, 0.717) is 5.56 Å². The second kappa shape index (κ2) is 5.54. The molecule has 4 heteroatoms. The molecule has 0 aliphatic rings. The molecule has 3 aromatic rings. The summed E-state index contributed by atoms with van der Waals surface area (Å²) >= 11 is 3.39. The SMILES string of the molecule is OC(c1ccc2cc(Br)ccc2c1)c1c(F)cccc1F. The Morgan fingerprint density at radius 1 is 0.857 bits per heavy atom. The molecule has 106 valence electrons. The first-order valence-corrected chi connectivity index (χ1v) is 7.17. The first kappa shape index (κ1) is 14.2. The van der Waals surface area contributed by atoms with Crippen molar-refractivity contribution >= 4 is 26.7 Å². The number of halogens is 3. The largest absolute Gasteiger partial charge is 0.383 e. The van der Waals surface area contributed by atoms with Gasteiger partial charge >= 0.3 is 0 Å². The zero-order chi connectivity index (χ0) is 15.0. The predicted octanol–water partition coefficient (Wildman–Crippen LogP) is 4.96. The average molecular weight is 349 g/mol. The van der Waals surface area contributed by atoms with Crippen LogP contribution in [-0.2, 0) is 0 Å². The van der Waals surface area contributed by atoms with E-state index in [1.807, 2.05) is 24.3 Å². The Hall–Kier alpha value is -1.78. The molecule has 0 radical (unpaired) electrons. The monoisotopic (exact) mass is 348 g/mol. The number of aliphatic hydroxyl groups excluding tert-OH is 1. The Kier molecular flexibility index (Phi) is 3.74. The molecule has 0 saturated carbocycles. The van der Waals surface area contributed by atoms with Crippen LogP contribution in [0.2, 0.25) is 0 Å². The Morgan fingerprint density at radius 2 is 1.48 bits per heavy atom. The molecular weight excluding hydrogens is 338 g/mol. The fraction of sp³-hybridized carbons (Fsp3) is 0.0588. The number of fused-ring (bicyclic) bond motifs is 1. The highest BCUT2D eigenvalue weighted by molar-refractivity contribution is 9.10. The topological polar surface area (TPSA) is 20.2 Å². The van der Waals surface area contributed by atoms with Crippen LogP contribution in [0, 0.1) is 11.6 Å². The maximum absolute atomic E-state index is 13.7. The highest BCUT2D eigenvalue weighted by Crippen LogP contribution is 2.29. The van der Waals surface area contributed by atoms with Gasteiger partial charge in [-0.25, -0.2) is 8.78 Å².